The van der Waals surface area contributed by atoms with Crippen LogP contribution in [-0.4, -0.2) is 37.5 Å². The molecule has 0 aliphatic rings. The summed E-state index contributed by atoms with van der Waals surface area (Å²) in [6.07, 6.45) is 0. The summed E-state index contributed by atoms with van der Waals surface area (Å²) in [6.45, 7) is 5.64. The molecule has 8 nitrogen and oxygen atoms in total. The van der Waals surface area contributed by atoms with Gasteiger partial charge in [-0.15, -0.1) is 0 Å². The number of amides is 3. The summed E-state index contributed by atoms with van der Waals surface area (Å²) in [5, 5.41) is 5.50. The molecule has 0 saturated carbocycles. The number of carbonyl (C=O) groups excluding carboxylic acids is 3. The molecule has 0 radical (unpaired) electrons. The fraction of sp³-hybridized carbons (Fsp3) is 0.286. The van der Waals surface area contributed by atoms with Gasteiger partial charge in [0.15, 0.2) is 11.5 Å². The molecular weight excluding hydrogens is 374 g/mol. The van der Waals surface area contributed by atoms with Crippen LogP contribution in [0.15, 0.2) is 36.4 Å². The largest absolute Gasteiger partial charge is 0.493 e. The Labute approximate surface area is 169 Å². The number of nitrogens with one attached hydrogen (secondary N) is 2. The van der Waals surface area contributed by atoms with Crippen LogP contribution in [0.5, 0.6) is 11.5 Å². The normalized spacial score (nSPS) is 10.8. The molecule has 0 fully saturated rings. The number of nitrogens with two attached hydrogens (primary N) is 1. The maximum absolute atomic E-state index is 12.6. The predicted molar refractivity (Wildman–Crippen MR) is 110 cm³/mol. The number of ether oxygens (including phenoxy) is 2. The molecular formula is C21H25N3O5. The molecule has 154 valence electrons. The van der Waals surface area contributed by atoms with E-state index in [4.69, 9.17) is 15.2 Å². The standard InChI is InChI=1S/C21H25N3O5/c1-21(2,3)24-20(27)13-8-6-12(7-9-13)19(26)23-15-11-17(29-5)16(28-4)10-14(15)18(22)25/h6-11H,1-5H3,(H2,22,25)(H,23,26)(H,24,27). The first-order chi connectivity index (χ1) is 13.6. The number of methoxy groups -OCH3 is 2. The molecule has 0 aromatic heterocycles. The maximum Gasteiger partial charge on any atom is 0.255 e. The molecule has 0 bridgehead atoms. The lowest BCUT2D eigenvalue weighted by molar-refractivity contribution is 0.0917. The average Bonchev–Trinajstić information content (AvgIpc) is 2.66. The Morgan fingerprint density at radius 1 is 0.862 bits per heavy atom. The van der Waals surface area contributed by atoms with Crippen LogP contribution in [0.3, 0.4) is 0 Å². The lowest BCUT2D eigenvalue weighted by Crippen LogP contribution is -2.40. The number of rotatable bonds is 6. The van der Waals surface area contributed by atoms with E-state index < -0.39 is 11.8 Å². The first-order valence-electron chi connectivity index (χ1n) is 8.85. The fourth-order valence-corrected chi connectivity index (χ4v) is 2.57. The van der Waals surface area contributed by atoms with Crippen molar-refractivity contribution in [2.45, 2.75) is 26.3 Å². The van der Waals surface area contributed by atoms with Gasteiger partial charge in [0.05, 0.1) is 25.5 Å². The molecule has 0 heterocycles. The van der Waals surface area contributed by atoms with Crippen molar-refractivity contribution in [2.75, 3.05) is 19.5 Å². The number of hydrogen-bond acceptors (Lipinski definition) is 5. The van der Waals surface area contributed by atoms with E-state index in [2.05, 4.69) is 10.6 Å². The Morgan fingerprint density at radius 3 is 1.79 bits per heavy atom. The van der Waals surface area contributed by atoms with Gasteiger partial charge in [0.2, 0.25) is 0 Å². The minimum atomic E-state index is -0.726. The third kappa shape index (κ3) is 5.47. The second kappa shape index (κ2) is 8.64. The molecule has 0 aliphatic heterocycles. The minimum Gasteiger partial charge on any atom is -0.493 e. The highest BCUT2D eigenvalue weighted by Gasteiger charge is 2.19. The summed E-state index contributed by atoms with van der Waals surface area (Å²) in [5.41, 5.74) is 6.06. The topological polar surface area (TPSA) is 120 Å². The molecule has 2 rings (SSSR count). The molecule has 0 saturated heterocycles. The molecule has 4 N–H and O–H groups in total. The van der Waals surface area contributed by atoms with Crippen molar-refractivity contribution in [1.82, 2.24) is 5.32 Å². The highest BCUT2D eigenvalue weighted by Crippen LogP contribution is 2.33. The highest BCUT2D eigenvalue weighted by atomic mass is 16.5. The summed E-state index contributed by atoms with van der Waals surface area (Å²) >= 11 is 0. The number of hydrogen-bond donors (Lipinski definition) is 3. The van der Waals surface area contributed by atoms with Gasteiger partial charge >= 0.3 is 0 Å². The molecule has 0 aliphatic carbocycles. The van der Waals surface area contributed by atoms with Gasteiger partial charge < -0.3 is 25.8 Å². The molecule has 0 unspecified atom stereocenters. The van der Waals surface area contributed by atoms with Crippen LogP contribution in [0.4, 0.5) is 5.69 Å². The van der Waals surface area contributed by atoms with Gasteiger partial charge in [0, 0.05) is 22.7 Å². The zero-order valence-electron chi connectivity index (χ0n) is 17.1. The molecule has 29 heavy (non-hydrogen) atoms. The van der Waals surface area contributed by atoms with Gasteiger partial charge in [0.1, 0.15) is 0 Å². The van der Waals surface area contributed by atoms with E-state index in [-0.39, 0.29) is 22.7 Å². The third-order valence-corrected chi connectivity index (χ3v) is 3.94. The van der Waals surface area contributed by atoms with Crippen molar-refractivity contribution in [3.8, 4) is 11.5 Å². The first kappa shape index (κ1) is 21.7. The van der Waals surface area contributed by atoms with Crippen LogP contribution in [0.25, 0.3) is 0 Å². The minimum absolute atomic E-state index is 0.0807. The summed E-state index contributed by atoms with van der Waals surface area (Å²) in [6, 6.07) is 9.02. The molecule has 2 aromatic carbocycles. The van der Waals surface area contributed by atoms with Gasteiger partial charge in [-0.2, -0.15) is 0 Å². The van der Waals surface area contributed by atoms with E-state index in [9.17, 15) is 14.4 Å². The van der Waals surface area contributed by atoms with Gasteiger partial charge in [0.25, 0.3) is 17.7 Å². The van der Waals surface area contributed by atoms with Crippen molar-refractivity contribution in [3.05, 3.63) is 53.1 Å². The Hall–Kier alpha value is -3.55. The number of benzene rings is 2. The van der Waals surface area contributed by atoms with Crippen LogP contribution in [-0.2, 0) is 0 Å². The summed E-state index contributed by atoms with van der Waals surface area (Å²) in [4.78, 5) is 36.6. The van der Waals surface area contributed by atoms with Crippen molar-refractivity contribution in [1.29, 1.82) is 0 Å². The fourth-order valence-electron chi connectivity index (χ4n) is 2.57. The van der Waals surface area contributed by atoms with E-state index in [0.717, 1.165) is 0 Å². The van der Waals surface area contributed by atoms with Crippen LogP contribution < -0.4 is 25.8 Å². The number of carbonyl (C=O) groups is 3. The first-order valence-corrected chi connectivity index (χ1v) is 8.85. The monoisotopic (exact) mass is 399 g/mol. The summed E-state index contributed by atoms with van der Waals surface area (Å²) < 4.78 is 10.4. The molecule has 8 heteroatoms. The SMILES string of the molecule is COc1cc(NC(=O)c2ccc(C(=O)NC(C)(C)C)cc2)c(C(N)=O)cc1OC. The van der Waals surface area contributed by atoms with E-state index in [1.165, 1.54) is 38.5 Å². The Kier molecular flexibility index (Phi) is 6.48. The molecule has 0 spiro atoms. The van der Waals surface area contributed by atoms with Crippen molar-refractivity contribution in [3.63, 3.8) is 0 Å². The van der Waals surface area contributed by atoms with Crippen LogP contribution in [0.2, 0.25) is 0 Å². The van der Waals surface area contributed by atoms with Crippen molar-refractivity contribution in [2.24, 2.45) is 5.73 Å². The Bertz CT molecular complexity index is 931. The van der Waals surface area contributed by atoms with E-state index in [1.807, 2.05) is 20.8 Å². The van der Waals surface area contributed by atoms with Gasteiger partial charge in [-0.25, -0.2) is 0 Å². The van der Waals surface area contributed by atoms with Gasteiger partial charge in [-0.3, -0.25) is 14.4 Å². The van der Waals surface area contributed by atoms with Crippen LogP contribution in [0.1, 0.15) is 51.8 Å². The second-order valence-electron chi connectivity index (χ2n) is 7.35. The summed E-state index contributed by atoms with van der Waals surface area (Å²) in [7, 11) is 2.87. The highest BCUT2D eigenvalue weighted by molar-refractivity contribution is 6.09. The number of anilines is 1. The van der Waals surface area contributed by atoms with Gasteiger partial charge in [-0.1, -0.05) is 0 Å². The zero-order chi connectivity index (χ0) is 21.8. The quantitative estimate of drug-likeness (QED) is 0.690. The van der Waals surface area contributed by atoms with Crippen molar-refractivity contribution >= 4 is 23.4 Å². The summed E-state index contributed by atoms with van der Waals surface area (Å²) in [5.74, 6) is -0.783. The zero-order valence-corrected chi connectivity index (χ0v) is 17.1. The third-order valence-electron chi connectivity index (χ3n) is 3.94. The molecule has 2 aromatic rings. The van der Waals surface area contributed by atoms with Crippen LogP contribution in [0, 0.1) is 0 Å². The lowest BCUT2D eigenvalue weighted by atomic mass is 10.1. The maximum atomic E-state index is 12.6. The van der Waals surface area contributed by atoms with E-state index in [1.54, 1.807) is 12.1 Å². The van der Waals surface area contributed by atoms with Crippen molar-refractivity contribution < 1.29 is 23.9 Å². The Morgan fingerprint density at radius 2 is 1.34 bits per heavy atom. The van der Waals surface area contributed by atoms with Gasteiger partial charge in [-0.05, 0) is 51.1 Å². The predicted octanol–water partition coefficient (Wildman–Crippen LogP) is 2.58. The van der Waals surface area contributed by atoms with E-state index in [0.29, 0.717) is 22.6 Å². The molecule has 3 amide bonds. The Balaban J connectivity index is 2.26. The average molecular weight is 399 g/mol. The molecule has 0 atom stereocenters. The second-order valence-corrected chi connectivity index (χ2v) is 7.35. The van der Waals surface area contributed by atoms with E-state index >= 15 is 0 Å². The van der Waals surface area contributed by atoms with Crippen LogP contribution >= 0.6 is 0 Å². The smallest absolute Gasteiger partial charge is 0.255 e. The lowest BCUT2D eigenvalue weighted by Gasteiger charge is -2.20. The number of primary amides is 1.